The van der Waals surface area contributed by atoms with Gasteiger partial charge in [0.25, 0.3) is 0 Å². The van der Waals surface area contributed by atoms with Gasteiger partial charge in [0.1, 0.15) is 11.8 Å². The quantitative estimate of drug-likeness (QED) is 0.816. The highest BCUT2D eigenvalue weighted by Crippen LogP contribution is 2.32. The normalized spacial score (nSPS) is 21.7. The lowest BCUT2D eigenvalue weighted by Gasteiger charge is -2.17. The second kappa shape index (κ2) is 4.97. The van der Waals surface area contributed by atoms with Crippen molar-refractivity contribution in [3.8, 4) is 0 Å². The minimum absolute atomic E-state index is 0.675. The molecule has 1 aliphatic carbocycles. The highest BCUT2D eigenvalue weighted by atomic mass is 15.3. The van der Waals surface area contributed by atoms with Crippen LogP contribution < -0.4 is 5.43 Å². The number of allylic oxidation sites excluding steroid dienone is 3. The van der Waals surface area contributed by atoms with Crippen molar-refractivity contribution in [1.82, 2.24) is 9.97 Å². The van der Waals surface area contributed by atoms with Gasteiger partial charge in [0, 0.05) is 23.3 Å². The van der Waals surface area contributed by atoms with E-state index in [1.807, 2.05) is 30.2 Å². The van der Waals surface area contributed by atoms with Gasteiger partial charge >= 0.3 is 0 Å². The van der Waals surface area contributed by atoms with E-state index >= 15 is 0 Å². The van der Waals surface area contributed by atoms with Gasteiger partial charge in [0.15, 0.2) is 0 Å². The van der Waals surface area contributed by atoms with Crippen LogP contribution in [0.1, 0.15) is 37.3 Å². The number of quaternary nitrogens is 1. The van der Waals surface area contributed by atoms with Crippen LogP contribution in [0.4, 0.5) is 0 Å². The van der Waals surface area contributed by atoms with Crippen molar-refractivity contribution in [2.45, 2.75) is 26.2 Å². The third kappa shape index (κ3) is 2.21. The van der Waals surface area contributed by atoms with E-state index in [9.17, 15) is 0 Å². The number of rotatable bonds is 2. The first kappa shape index (κ1) is 12.5. The standard InChI is InChI=1S/C17H18N4/c1-11-3-2-4-12(5-11)13-6-15-16(14-8-20-21-9-14)10-19-17(15)18-7-13/h5-11H,2-4H2,1H3,(H,18,19)(H,20,21)/p+1. The zero-order valence-corrected chi connectivity index (χ0v) is 12.1. The summed E-state index contributed by atoms with van der Waals surface area (Å²) in [5.41, 5.74) is 7.80. The van der Waals surface area contributed by atoms with Crippen LogP contribution in [0.5, 0.6) is 0 Å². The molecule has 0 radical (unpaired) electrons. The van der Waals surface area contributed by atoms with Crippen molar-refractivity contribution in [1.29, 1.82) is 0 Å². The fourth-order valence-electron chi connectivity index (χ4n) is 3.23. The molecule has 2 aromatic rings. The number of hydrogen-bond acceptors (Lipinski definition) is 2. The predicted molar refractivity (Wildman–Crippen MR) is 85.5 cm³/mol. The molecule has 3 N–H and O–H groups in total. The van der Waals surface area contributed by atoms with Gasteiger partial charge in [-0.2, -0.15) is 5.43 Å². The number of pyridine rings is 1. The lowest BCUT2D eigenvalue weighted by molar-refractivity contribution is -0.589. The minimum Gasteiger partial charge on any atom is -0.346 e. The van der Waals surface area contributed by atoms with Crippen LogP contribution in [0.25, 0.3) is 22.2 Å². The Kier molecular flexibility index (Phi) is 2.97. The summed E-state index contributed by atoms with van der Waals surface area (Å²) in [5, 5.41) is 5.34. The Bertz CT molecular complexity index is 779. The number of H-pyrrole nitrogens is 1. The smallest absolute Gasteiger partial charge is 0.137 e. The molecule has 3 heterocycles. The maximum absolute atomic E-state index is 4.60. The maximum atomic E-state index is 4.60. The molecule has 2 aromatic heterocycles. The minimum atomic E-state index is 0.675. The summed E-state index contributed by atoms with van der Waals surface area (Å²) in [6.45, 7) is 2.29. The zero-order valence-electron chi connectivity index (χ0n) is 12.1. The molecule has 1 aliphatic heterocycles. The molecule has 0 aromatic carbocycles. The molecule has 0 bridgehead atoms. The van der Waals surface area contributed by atoms with Gasteiger partial charge in [0.2, 0.25) is 0 Å². The summed E-state index contributed by atoms with van der Waals surface area (Å²) in [4.78, 5) is 7.85. The topological polar surface area (TPSA) is 57.6 Å². The third-order valence-corrected chi connectivity index (χ3v) is 4.36. The van der Waals surface area contributed by atoms with E-state index in [4.69, 9.17) is 0 Å². The van der Waals surface area contributed by atoms with E-state index in [-0.39, 0.29) is 0 Å². The van der Waals surface area contributed by atoms with E-state index < -0.39 is 0 Å². The second-order valence-corrected chi connectivity index (χ2v) is 5.93. The van der Waals surface area contributed by atoms with E-state index in [0.717, 1.165) is 17.6 Å². The van der Waals surface area contributed by atoms with Crippen molar-refractivity contribution in [2.75, 3.05) is 0 Å². The molecule has 106 valence electrons. The molecule has 0 amide bonds. The van der Waals surface area contributed by atoms with Crippen LogP contribution in [0, 0.1) is 5.92 Å². The number of aromatic nitrogens is 2. The van der Waals surface area contributed by atoms with Crippen molar-refractivity contribution in [2.24, 2.45) is 11.0 Å². The Balaban J connectivity index is 1.82. The van der Waals surface area contributed by atoms with Crippen molar-refractivity contribution in [3.05, 3.63) is 41.9 Å². The lowest BCUT2D eigenvalue weighted by atomic mass is 9.88. The molecular weight excluding hydrogens is 260 g/mol. The van der Waals surface area contributed by atoms with Gasteiger partial charge in [-0.15, -0.1) is 0 Å². The van der Waals surface area contributed by atoms with E-state index in [1.54, 1.807) is 0 Å². The number of nitrogens with zero attached hydrogens (tertiary/aromatic N) is 2. The third-order valence-electron chi connectivity index (χ3n) is 4.36. The van der Waals surface area contributed by atoms with Gasteiger partial charge in [-0.05, 0) is 42.4 Å². The molecule has 1 unspecified atom stereocenters. The van der Waals surface area contributed by atoms with E-state index in [2.05, 4.69) is 34.1 Å². The summed E-state index contributed by atoms with van der Waals surface area (Å²) in [6.07, 6.45) is 14.1. The lowest BCUT2D eigenvalue weighted by Crippen LogP contribution is -2.69. The first-order valence-electron chi connectivity index (χ1n) is 7.56. The summed E-state index contributed by atoms with van der Waals surface area (Å²) in [5.74, 6) is 0.675. The number of fused-ring (bicyclic) bond motifs is 1. The molecule has 4 heteroatoms. The average molecular weight is 279 g/mol. The van der Waals surface area contributed by atoms with Gasteiger partial charge in [0.05, 0.1) is 11.8 Å². The second-order valence-electron chi connectivity index (χ2n) is 5.93. The van der Waals surface area contributed by atoms with Crippen molar-refractivity contribution < 1.29 is 5.43 Å². The Morgan fingerprint density at radius 1 is 1.38 bits per heavy atom. The van der Waals surface area contributed by atoms with Crippen LogP contribution in [-0.4, -0.2) is 16.2 Å². The SMILES string of the molecule is CC1C=C(c2cnc3[nH]cc(C4=C[NH2+]N=C4)c3c2)CCC1. The highest BCUT2D eigenvalue weighted by molar-refractivity contribution is 6.14. The van der Waals surface area contributed by atoms with Gasteiger partial charge in [-0.3, -0.25) is 0 Å². The zero-order chi connectivity index (χ0) is 14.2. The molecule has 2 aliphatic rings. The van der Waals surface area contributed by atoms with E-state index in [0.29, 0.717) is 5.92 Å². The molecule has 4 rings (SSSR count). The highest BCUT2D eigenvalue weighted by Gasteiger charge is 2.16. The summed E-state index contributed by atoms with van der Waals surface area (Å²) >= 11 is 0. The van der Waals surface area contributed by atoms with E-state index in [1.165, 1.54) is 34.9 Å². The first-order chi connectivity index (χ1) is 10.3. The Morgan fingerprint density at radius 2 is 2.33 bits per heavy atom. The molecule has 0 fully saturated rings. The summed E-state index contributed by atoms with van der Waals surface area (Å²) < 4.78 is 0. The van der Waals surface area contributed by atoms with Crippen molar-refractivity contribution in [3.63, 3.8) is 0 Å². The van der Waals surface area contributed by atoms with Gasteiger partial charge < -0.3 is 4.98 Å². The summed E-state index contributed by atoms with van der Waals surface area (Å²) in [7, 11) is 0. The van der Waals surface area contributed by atoms with Crippen LogP contribution >= 0.6 is 0 Å². The van der Waals surface area contributed by atoms with Crippen LogP contribution in [0.15, 0.2) is 35.8 Å². The average Bonchev–Trinajstić information content (AvgIpc) is 3.15. The monoisotopic (exact) mass is 279 g/mol. The van der Waals surface area contributed by atoms with Gasteiger partial charge in [-0.1, -0.05) is 18.1 Å². The van der Waals surface area contributed by atoms with Crippen LogP contribution in [0.3, 0.4) is 0 Å². The van der Waals surface area contributed by atoms with Gasteiger partial charge in [-0.25, -0.2) is 4.98 Å². The maximum Gasteiger partial charge on any atom is 0.137 e. The first-order valence-corrected chi connectivity index (χ1v) is 7.56. The Hall–Kier alpha value is -2.20. The molecule has 0 saturated carbocycles. The number of nitrogens with two attached hydrogens (primary N) is 1. The molecule has 21 heavy (non-hydrogen) atoms. The molecular formula is C17H19N4+. The number of aromatic amines is 1. The molecule has 1 atom stereocenters. The van der Waals surface area contributed by atoms with Crippen LogP contribution in [0.2, 0.25) is 0 Å². The molecule has 4 nitrogen and oxygen atoms in total. The molecule has 0 spiro atoms. The molecule has 0 saturated heterocycles. The van der Waals surface area contributed by atoms with Crippen LogP contribution in [-0.2, 0) is 0 Å². The summed E-state index contributed by atoms with van der Waals surface area (Å²) in [6, 6.07) is 2.27. The van der Waals surface area contributed by atoms with Crippen molar-refractivity contribution >= 4 is 28.4 Å². The number of nitrogens with one attached hydrogen (secondary N) is 1. The number of hydrogen-bond donors (Lipinski definition) is 2. The Labute approximate surface area is 123 Å². The predicted octanol–water partition coefficient (Wildman–Crippen LogP) is 2.67. The fourth-order valence-corrected chi connectivity index (χ4v) is 3.23. The largest absolute Gasteiger partial charge is 0.346 e. The fraction of sp³-hybridized carbons (Fsp3) is 0.294. The Morgan fingerprint density at radius 3 is 3.14 bits per heavy atom.